The summed E-state index contributed by atoms with van der Waals surface area (Å²) in [4.78, 5) is 4.20. The summed E-state index contributed by atoms with van der Waals surface area (Å²) in [7, 11) is 1.98. The van der Waals surface area contributed by atoms with Crippen LogP contribution in [-0.2, 0) is 12.9 Å². The molecule has 5 heteroatoms. The Morgan fingerprint density at radius 3 is 2.92 bits per heavy atom. The molecule has 13 heavy (non-hydrogen) atoms. The van der Waals surface area contributed by atoms with E-state index in [1.807, 2.05) is 34.8 Å². The number of rotatable bonds is 3. The maximum Gasteiger partial charge on any atom is 0.169 e. The lowest BCUT2D eigenvalue weighted by Crippen LogP contribution is -1.96. The van der Waals surface area contributed by atoms with Crippen molar-refractivity contribution < 1.29 is 0 Å². The molecule has 0 N–H and O–H groups in total. The molecular weight excluding hydrogens is 184 g/mol. The largest absolute Gasteiger partial charge is 0.329 e. The molecule has 0 radical (unpaired) electrons. The molecule has 2 heterocycles. The summed E-state index contributed by atoms with van der Waals surface area (Å²) in [5.41, 5.74) is 0. The van der Waals surface area contributed by atoms with Gasteiger partial charge in [-0.3, -0.25) is 4.68 Å². The molecule has 0 aliphatic heterocycles. The lowest BCUT2D eigenvalue weighted by Gasteiger charge is -2.00. The van der Waals surface area contributed by atoms with Crippen LogP contribution in [0.4, 0.5) is 0 Å². The summed E-state index contributed by atoms with van der Waals surface area (Å²) in [6.45, 7) is 0. The second-order valence-corrected chi connectivity index (χ2v) is 3.55. The molecule has 0 spiro atoms. The van der Waals surface area contributed by atoms with Crippen molar-refractivity contribution in [3.05, 3.63) is 30.9 Å². The number of imidazole rings is 1. The molecule has 2 rings (SSSR count). The third-order valence-corrected chi connectivity index (χ3v) is 2.71. The van der Waals surface area contributed by atoms with Gasteiger partial charge in [-0.1, -0.05) is 11.8 Å². The van der Waals surface area contributed by atoms with E-state index in [1.165, 1.54) is 0 Å². The number of hydrogen-bond donors (Lipinski definition) is 0. The van der Waals surface area contributed by atoms with E-state index in [-0.39, 0.29) is 0 Å². The molecular formula is C8H10N4S. The first kappa shape index (κ1) is 8.37. The van der Waals surface area contributed by atoms with Gasteiger partial charge in [0, 0.05) is 31.8 Å². The van der Waals surface area contributed by atoms with Crippen molar-refractivity contribution in [1.82, 2.24) is 19.3 Å². The van der Waals surface area contributed by atoms with Gasteiger partial charge in [0.05, 0.1) is 5.88 Å². The molecule has 0 aliphatic rings. The molecule has 0 amide bonds. The van der Waals surface area contributed by atoms with Crippen molar-refractivity contribution in [2.75, 3.05) is 0 Å². The number of thioether (sulfide) groups is 1. The highest BCUT2D eigenvalue weighted by Gasteiger charge is 1.99. The second kappa shape index (κ2) is 3.66. The van der Waals surface area contributed by atoms with Gasteiger partial charge in [0.2, 0.25) is 0 Å². The summed E-state index contributed by atoms with van der Waals surface area (Å²) < 4.78 is 3.87. The van der Waals surface area contributed by atoms with Crippen molar-refractivity contribution >= 4 is 11.8 Å². The summed E-state index contributed by atoms with van der Waals surface area (Å²) in [6.07, 6.45) is 7.45. The van der Waals surface area contributed by atoms with E-state index in [0.29, 0.717) is 0 Å². The fourth-order valence-electron chi connectivity index (χ4n) is 0.992. The molecule has 2 aromatic heterocycles. The summed E-state index contributed by atoms with van der Waals surface area (Å²) in [5, 5.41) is 5.11. The first-order valence-corrected chi connectivity index (χ1v) is 4.92. The zero-order chi connectivity index (χ0) is 9.10. The topological polar surface area (TPSA) is 35.6 Å². The van der Waals surface area contributed by atoms with Crippen molar-refractivity contribution in [1.29, 1.82) is 0 Å². The van der Waals surface area contributed by atoms with Crippen LogP contribution in [0.25, 0.3) is 0 Å². The molecule has 0 saturated carbocycles. The van der Waals surface area contributed by atoms with Gasteiger partial charge in [0.15, 0.2) is 5.16 Å². The maximum absolute atomic E-state index is 4.20. The van der Waals surface area contributed by atoms with Crippen LogP contribution in [0.1, 0.15) is 0 Å². The zero-order valence-corrected chi connectivity index (χ0v) is 8.11. The SMILES string of the molecule is Cn1ccnc1SCn1cccn1. The standard InChI is InChI=1S/C8H10N4S/c1-11-6-4-9-8(11)13-7-12-5-2-3-10-12/h2-6H,7H2,1H3. The van der Waals surface area contributed by atoms with Crippen LogP contribution in [0.3, 0.4) is 0 Å². The number of aryl methyl sites for hydroxylation is 1. The highest BCUT2D eigenvalue weighted by atomic mass is 32.2. The highest BCUT2D eigenvalue weighted by Crippen LogP contribution is 2.15. The Balaban J connectivity index is 1.97. The molecule has 0 unspecified atom stereocenters. The molecule has 2 aromatic rings. The fraction of sp³-hybridized carbons (Fsp3) is 0.250. The molecule has 68 valence electrons. The fourth-order valence-corrected chi connectivity index (χ4v) is 1.79. The quantitative estimate of drug-likeness (QED) is 0.692. The lowest BCUT2D eigenvalue weighted by atomic mass is 10.8. The summed E-state index contributed by atoms with van der Waals surface area (Å²) in [6, 6.07) is 1.92. The van der Waals surface area contributed by atoms with E-state index < -0.39 is 0 Å². The predicted molar refractivity (Wildman–Crippen MR) is 51.3 cm³/mol. The van der Waals surface area contributed by atoms with Crippen molar-refractivity contribution in [2.45, 2.75) is 11.0 Å². The van der Waals surface area contributed by atoms with Crippen LogP contribution >= 0.6 is 11.8 Å². The normalized spacial score (nSPS) is 10.5. The van der Waals surface area contributed by atoms with Crippen molar-refractivity contribution in [3.8, 4) is 0 Å². The van der Waals surface area contributed by atoms with E-state index in [9.17, 15) is 0 Å². The number of hydrogen-bond acceptors (Lipinski definition) is 3. The van der Waals surface area contributed by atoms with E-state index in [4.69, 9.17) is 0 Å². The smallest absolute Gasteiger partial charge is 0.169 e. The lowest BCUT2D eigenvalue weighted by molar-refractivity contribution is 0.736. The first-order valence-electron chi connectivity index (χ1n) is 3.94. The van der Waals surface area contributed by atoms with E-state index in [0.717, 1.165) is 11.0 Å². The number of aromatic nitrogens is 4. The average Bonchev–Trinajstić information content (AvgIpc) is 2.72. The van der Waals surface area contributed by atoms with E-state index in [1.54, 1.807) is 24.2 Å². The third kappa shape index (κ3) is 1.92. The molecule has 0 saturated heterocycles. The van der Waals surface area contributed by atoms with Crippen LogP contribution in [0.2, 0.25) is 0 Å². The monoisotopic (exact) mass is 194 g/mol. The minimum atomic E-state index is 0.803. The van der Waals surface area contributed by atoms with Crippen LogP contribution in [0, 0.1) is 0 Å². The first-order chi connectivity index (χ1) is 6.36. The van der Waals surface area contributed by atoms with Gasteiger partial charge in [-0.25, -0.2) is 4.98 Å². The Bertz CT molecular complexity index is 365. The second-order valence-electron chi connectivity index (χ2n) is 2.64. The van der Waals surface area contributed by atoms with Gasteiger partial charge < -0.3 is 4.57 Å². The van der Waals surface area contributed by atoms with Gasteiger partial charge in [0.25, 0.3) is 0 Å². The Hall–Kier alpha value is -1.23. The van der Waals surface area contributed by atoms with Gasteiger partial charge >= 0.3 is 0 Å². The summed E-state index contributed by atoms with van der Waals surface area (Å²) >= 11 is 1.66. The molecule has 0 aromatic carbocycles. The zero-order valence-electron chi connectivity index (χ0n) is 7.29. The number of nitrogens with zero attached hydrogens (tertiary/aromatic N) is 4. The Kier molecular flexibility index (Phi) is 2.35. The van der Waals surface area contributed by atoms with Crippen LogP contribution < -0.4 is 0 Å². The minimum absolute atomic E-state index is 0.803. The predicted octanol–water partition coefficient (Wildman–Crippen LogP) is 1.37. The van der Waals surface area contributed by atoms with Crippen molar-refractivity contribution in [2.24, 2.45) is 7.05 Å². The van der Waals surface area contributed by atoms with Crippen molar-refractivity contribution in [3.63, 3.8) is 0 Å². The van der Waals surface area contributed by atoms with Gasteiger partial charge in [0.1, 0.15) is 0 Å². The highest BCUT2D eigenvalue weighted by molar-refractivity contribution is 7.98. The minimum Gasteiger partial charge on any atom is -0.329 e. The van der Waals surface area contributed by atoms with E-state index in [2.05, 4.69) is 10.1 Å². The molecule has 0 bridgehead atoms. The Morgan fingerprint density at radius 1 is 1.38 bits per heavy atom. The average molecular weight is 194 g/mol. The van der Waals surface area contributed by atoms with Crippen LogP contribution in [0.15, 0.2) is 36.0 Å². The molecule has 0 aliphatic carbocycles. The Morgan fingerprint density at radius 2 is 2.31 bits per heavy atom. The summed E-state index contributed by atoms with van der Waals surface area (Å²) in [5.74, 6) is 0.803. The van der Waals surface area contributed by atoms with Crippen LogP contribution in [0.5, 0.6) is 0 Å². The molecule has 4 nitrogen and oxygen atoms in total. The Labute approximate surface area is 80.6 Å². The maximum atomic E-state index is 4.20. The molecule has 0 atom stereocenters. The third-order valence-electron chi connectivity index (χ3n) is 1.66. The van der Waals surface area contributed by atoms with E-state index >= 15 is 0 Å². The van der Waals surface area contributed by atoms with Gasteiger partial charge in [-0.05, 0) is 6.07 Å². The van der Waals surface area contributed by atoms with Crippen LogP contribution in [-0.4, -0.2) is 19.3 Å². The van der Waals surface area contributed by atoms with Gasteiger partial charge in [-0.2, -0.15) is 5.10 Å². The van der Waals surface area contributed by atoms with Gasteiger partial charge in [-0.15, -0.1) is 0 Å². The molecule has 0 fully saturated rings.